The van der Waals surface area contributed by atoms with Crippen LogP contribution in [0.1, 0.15) is 24.8 Å². The van der Waals surface area contributed by atoms with Gasteiger partial charge in [-0.15, -0.1) is 0 Å². The lowest BCUT2D eigenvalue weighted by Gasteiger charge is -2.38. The van der Waals surface area contributed by atoms with Gasteiger partial charge in [0.25, 0.3) is 0 Å². The number of nitrogens with zero attached hydrogens (tertiary/aromatic N) is 1. The lowest BCUT2D eigenvalue weighted by atomic mass is 9.64. The summed E-state index contributed by atoms with van der Waals surface area (Å²) in [6.45, 7) is 7.58. The van der Waals surface area contributed by atoms with E-state index >= 15 is 0 Å². The Kier molecular flexibility index (Phi) is 2.48. The third kappa shape index (κ3) is 1.40. The van der Waals surface area contributed by atoms with Gasteiger partial charge in [0.15, 0.2) is 0 Å². The Balaban J connectivity index is 2.37. The SMILES string of the molecule is [C-]#[N+]CC1(c2ccccc2Cl)CCC1. The summed E-state index contributed by atoms with van der Waals surface area (Å²) < 4.78 is 0. The molecular weight excluding hydrogens is 194 g/mol. The fourth-order valence-electron chi connectivity index (χ4n) is 2.16. The summed E-state index contributed by atoms with van der Waals surface area (Å²) in [5.41, 5.74) is 1.24. The minimum atomic E-state index is 0.0695. The molecule has 1 aromatic rings. The van der Waals surface area contributed by atoms with Crippen molar-refractivity contribution in [1.82, 2.24) is 0 Å². The van der Waals surface area contributed by atoms with Crippen molar-refractivity contribution in [3.05, 3.63) is 46.3 Å². The minimum Gasteiger partial charge on any atom is -0.316 e. The van der Waals surface area contributed by atoms with E-state index in [9.17, 15) is 0 Å². The molecule has 0 bridgehead atoms. The van der Waals surface area contributed by atoms with Gasteiger partial charge in [0.2, 0.25) is 6.54 Å². The maximum atomic E-state index is 7.00. The summed E-state index contributed by atoms with van der Waals surface area (Å²) in [4.78, 5) is 3.54. The molecule has 0 unspecified atom stereocenters. The Morgan fingerprint density at radius 1 is 1.36 bits per heavy atom. The smallest absolute Gasteiger partial charge is 0.224 e. The average Bonchev–Trinajstić information content (AvgIpc) is 2.13. The highest BCUT2D eigenvalue weighted by molar-refractivity contribution is 6.31. The number of benzene rings is 1. The normalized spacial score (nSPS) is 18.3. The van der Waals surface area contributed by atoms with Gasteiger partial charge in [0.1, 0.15) is 0 Å². The van der Waals surface area contributed by atoms with E-state index in [1.54, 1.807) is 0 Å². The Morgan fingerprint density at radius 2 is 2.07 bits per heavy atom. The lowest BCUT2D eigenvalue weighted by molar-refractivity contribution is 0.266. The molecule has 0 radical (unpaired) electrons. The number of rotatable bonds is 2. The van der Waals surface area contributed by atoms with Crippen LogP contribution in [-0.4, -0.2) is 6.54 Å². The first-order chi connectivity index (χ1) is 6.78. The second-order valence-electron chi connectivity index (χ2n) is 3.93. The molecule has 2 heteroatoms. The summed E-state index contributed by atoms with van der Waals surface area (Å²) >= 11 is 6.15. The van der Waals surface area contributed by atoms with E-state index in [1.807, 2.05) is 18.2 Å². The van der Waals surface area contributed by atoms with Gasteiger partial charge in [-0.1, -0.05) is 36.2 Å². The zero-order valence-electron chi connectivity index (χ0n) is 7.96. The van der Waals surface area contributed by atoms with Gasteiger partial charge in [0, 0.05) is 5.02 Å². The Labute approximate surface area is 89.5 Å². The molecule has 2 rings (SSSR count). The zero-order chi connectivity index (χ0) is 10.0. The van der Waals surface area contributed by atoms with Crippen LogP contribution in [0, 0.1) is 6.57 Å². The second-order valence-corrected chi connectivity index (χ2v) is 4.34. The maximum absolute atomic E-state index is 7.00. The fourth-order valence-corrected chi connectivity index (χ4v) is 2.49. The third-order valence-electron chi connectivity index (χ3n) is 3.14. The average molecular weight is 206 g/mol. The fraction of sp³-hybridized carbons (Fsp3) is 0.417. The molecule has 1 fully saturated rings. The topological polar surface area (TPSA) is 4.36 Å². The molecule has 0 amide bonds. The molecule has 0 spiro atoms. The second kappa shape index (κ2) is 3.63. The predicted molar refractivity (Wildman–Crippen MR) is 58.5 cm³/mol. The molecule has 72 valence electrons. The van der Waals surface area contributed by atoms with Crippen LogP contribution < -0.4 is 0 Å². The highest BCUT2D eigenvalue weighted by atomic mass is 35.5. The van der Waals surface area contributed by atoms with E-state index in [-0.39, 0.29) is 5.41 Å². The van der Waals surface area contributed by atoms with Crippen LogP contribution >= 0.6 is 11.6 Å². The summed E-state index contributed by atoms with van der Waals surface area (Å²) in [5.74, 6) is 0. The monoisotopic (exact) mass is 205 g/mol. The maximum Gasteiger partial charge on any atom is 0.224 e. The van der Waals surface area contributed by atoms with Crippen LogP contribution in [0.15, 0.2) is 24.3 Å². The first-order valence-electron chi connectivity index (χ1n) is 4.87. The largest absolute Gasteiger partial charge is 0.316 e. The molecule has 14 heavy (non-hydrogen) atoms. The van der Waals surface area contributed by atoms with Crippen molar-refractivity contribution in [2.75, 3.05) is 6.54 Å². The van der Waals surface area contributed by atoms with Crippen LogP contribution in [0.3, 0.4) is 0 Å². The molecule has 1 aliphatic rings. The van der Waals surface area contributed by atoms with E-state index in [2.05, 4.69) is 10.9 Å². The van der Waals surface area contributed by atoms with E-state index in [1.165, 1.54) is 12.0 Å². The summed E-state index contributed by atoms with van der Waals surface area (Å²) in [7, 11) is 0. The van der Waals surface area contributed by atoms with Crippen molar-refractivity contribution in [3.8, 4) is 0 Å². The molecule has 0 saturated heterocycles. The highest BCUT2D eigenvalue weighted by Crippen LogP contribution is 2.46. The third-order valence-corrected chi connectivity index (χ3v) is 3.47. The van der Waals surface area contributed by atoms with Gasteiger partial charge >= 0.3 is 0 Å². The van der Waals surface area contributed by atoms with Gasteiger partial charge in [-0.3, -0.25) is 0 Å². The molecule has 0 atom stereocenters. The van der Waals surface area contributed by atoms with Crippen LogP contribution in [0.2, 0.25) is 5.02 Å². The van der Waals surface area contributed by atoms with Crippen LogP contribution in [-0.2, 0) is 5.41 Å². The Morgan fingerprint density at radius 3 is 2.57 bits per heavy atom. The van der Waals surface area contributed by atoms with Crippen LogP contribution in [0.25, 0.3) is 4.85 Å². The minimum absolute atomic E-state index is 0.0695. The van der Waals surface area contributed by atoms with Gasteiger partial charge in [-0.25, -0.2) is 6.57 Å². The van der Waals surface area contributed by atoms with E-state index in [4.69, 9.17) is 18.2 Å². The van der Waals surface area contributed by atoms with Gasteiger partial charge in [0.05, 0.1) is 5.41 Å². The molecule has 1 aromatic carbocycles. The van der Waals surface area contributed by atoms with Crippen molar-refractivity contribution in [3.63, 3.8) is 0 Å². The van der Waals surface area contributed by atoms with E-state index < -0.39 is 0 Å². The van der Waals surface area contributed by atoms with Crippen LogP contribution in [0.5, 0.6) is 0 Å². The summed E-state index contributed by atoms with van der Waals surface area (Å²) in [6, 6.07) is 7.93. The van der Waals surface area contributed by atoms with E-state index in [0.29, 0.717) is 6.54 Å². The van der Waals surface area contributed by atoms with Gasteiger partial charge in [-0.2, -0.15) is 0 Å². The first kappa shape index (κ1) is 9.55. The summed E-state index contributed by atoms with van der Waals surface area (Å²) in [6.07, 6.45) is 3.44. The van der Waals surface area contributed by atoms with Gasteiger partial charge in [-0.05, 0) is 24.5 Å². The molecule has 0 aromatic heterocycles. The van der Waals surface area contributed by atoms with Crippen molar-refractivity contribution >= 4 is 11.6 Å². The van der Waals surface area contributed by atoms with E-state index in [0.717, 1.165) is 17.9 Å². The lowest BCUT2D eigenvalue weighted by Crippen LogP contribution is -2.37. The molecule has 1 aliphatic carbocycles. The van der Waals surface area contributed by atoms with Crippen molar-refractivity contribution < 1.29 is 0 Å². The highest BCUT2D eigenvalue weighted by Gasteiger charge is 2.42. The van der Waals surface area contributed by atoms with Gasteiger partial charge < -0.3 is 4.85 Å². The molecule has 1 nitrogen and oxygen atoms in total. The number of hydrogen-bond acceptors (Lipinski definition) is 0. The zero-order valence-corrected chi connectivity index (χ0v) is 8.72. The standard InChI is InChI=1S/C12H12ClN/c1-14-9-12(7-4-8-12)10-5-2-3-6-11(10)13/h2-3,5-6H,4,7-9H2. The Bertz CT molecular complexity index is 374. The molecule has 0 aliphatic heterocycles. The Hall–Kier alpha value is -1.00. The molecule has 1 saturated carbocycles. The van der Waals surface area contributed by atoms with Crippen molar-refractivity contribution in [2.45, 2.75) is 24.7 Å². The first-order valence-corrected chi connectivity index (χ1v) is 5.24. The molecule has 0 N–H and O–H groups in total. The van der Waals surface area contributed by atoms with Crippen molar-refractivity contribution in [1.29, 1.82) is 0 Å². The molecular formula is C12H12ClN. The van der Waals surface area contributed by atoms with Crippen LogP contribution in [0.4, 0.5) is 0 Å². The molecule has 0 heterocycles. The number of hydrogen-bond donors (Lipinski definition) is 0. The van der Waals surface area contributed by atoms with Crippen molar-refractivity contribution in [2.24, 2.45) is 0 Å². The number of halogens is 1. The predicted octanol–water partition coefficient (Wildman–Crippen LogP) is 3.68. The summed E-state index contributed by atoms with van der Waals surface area (Å²) in [5, 5.41) is 0.816. The quantitative estimate of drug-likeness (QED) is 0.649.